The molecule has 0 fully saturated rings. The molecule has 0 N–H and O–H groups in total. The third-order valence-corrected chi connectivity index (χ3v) is 6.17. The second kappa shape index (κ2) is 18.6. The Kier molecular flexibility index (Phi) is 17.2. The van der Waals surface area contributed by atoms with Gasteiger partial charge in [-0.15, -0.1) is 23.5 Å². The molecule has 36 heavy (non-hydrogen) atoms. The molecule has 0 unspecified atom stereocenters. The number of nitriles is 1. The van der Waals surface area contributed by atoms with E-state index in [-0.39, 0.29) is 0 Å². The number of halogens is 1. The summed E-state index contributed by atoms with van der Waals surface area (Å²) in [6.07, 6.45) is 5.66. The van der Waals surface area contributed by atoms with Gasteiger partial charge in [0.05, 0.1) is 12.1 Å². The van der Waals surface area contributed by atoms with Crippen molar-refractivity contribution in [3.05, 3.63) is 29.0 Å². The fourth-order valence-electron chi connectivity index (χ4n) is 1.69. The Bertz CT molecular complexity index is 948. The van der Waals surface area contributed by atoms with E-state index in [2.05, 4.69) is 30.0 Å². The summed E-state index contributed by atoms with van der Waals surface area (Å²) in [7, 11) is 4.75. The fourth-order valence-corrected chi connectivity index (χ4v) is 2.60. The molecule has 0 saturated carbocycles. The summed E-state index contributed by atoms with van der Waals surface area (Å²) < 4.78 is 2.20. The molecule has 12 nitrogen and oxygen atoms in total. The summed E-state index contributed by atoms with van der Waals surface area (Å²) in [5.74, 6) is 0.674. The molecule has 0 aliphatic heterocycles. The van der Waals surface area contributed by atoms with Crippen molar-refractivity contribution in [2.24, 2.45) is 15.3 Å². The molecule has 0 bridgehead atoms. The molecule has 0 radical (unpaired) electrons. The van der Waals surface area contributed by atoms with Crippen molar-refractivity contribution in [1.29, 1.82) is 5.26 Å². The predicted octanol–water partition coefficient (Wildman–Crippen LogP) is 5.15. The number of nitrogens with zero attached hydrogens (tertiary/aromatic N) is 8. The largest absolute Gasteiger partial charge is 0.447 e. The molecule has 0 saturated heterocycles. The second-order valence-corrected chi connectivity index (χ2v) is 10.2. The topological polar surface area (TPSA) is 136 Å². The number of hydrogen-bond acceptors (Lipinski definition) is 12. The lowest BCUT2D eigenvalue weighted by atomic mass is 10.3. The zero-order chi connectivity index (χ0) is 27.7. The number of pyridine rings is 1. The van der Waals surface area contributed by atoms with Crippen LogP contribution in [0.5, 0.6) is 0 Å². The lowest BCUT2D eigenvalue weighted by Gasteiger charge is -2.19. The first-order valence-corrected chi connectivity index (χ1v) is 13.5. The van der Waals surface area contributed by atoms with Crippen LogP contribution in [0.25, 0.3) is 0 Å². The van der Waals surface area contributed by atoms with E-state index in [9.17, 15) is 9.59 Å². The molecule has 0 spiro atoms. The summed E-state index contributed by atoms with van der Waals surface area (Å²) in [6.45, 7) is 5.86. The molecule has 198 valence electrons. The summed E-state index contributed by atoms with van der Waals surface area (Å²) in [5, 5.41) is 17.3. The van der Waals surface area contributed by atoms with E-state index in [1.54, 1.807) is 39.2 Å². The first-order chi connectivity index (χ1) is 16.9. The molecule has 16 heteroatoms. The molecule has 2 amide bonds. The molecule has 0 aliphatic rings. The Hall–Kier alpha value is -2.67. The van der Waals surface area contributed by atoms with Crippen LogP contribution in [0.4, 0.5) is 9.59 Å². The van der Waals surface area contributed by atoms with Gasteiger partial charge in [0.1, 0.15) is 21.1 Å². The average Bonchev–Trinajstić information content (AvgIpc) is 2.86. The highest BCUT2D eigenvalue weighted by molar-refractivity contribution is 8.13. The van der Waals surface area contributed by atoms with Gasteiger partial charge >= 0.3 is 12.2 Å². The lowest BCUT2D eigenvalue weighted by molar-refractivity contribution is 0.131. The number of amides is 2. The molecule has 1 heterocycles. The Morgan fingerprint density at radius 3 is 1.92 bits per heavy atom. The van der Waals surface area contributed by atoms with Crippen LogP contribution in [0.15, 0.2) is 33.6 Å². The van der Waals surface area contributed by atoms with E-state index in [0.717, 1.165) is 26.3 Å². The quantitative estimate of drug-likeness (QED) is 0.0850. The van der Waals surface area contributed by atoms with Crippen molar-refractivity contribution >= 4 is 75.4 Å². The van der Waals surface area contributed by atoms with Crippen molar-refractivity contribution in [2.75, 3.05) is 33.7 Å². The van der Waals surface area contributed by atoms with Crippen LogP contribution >= 0.6 is 47.3 Å². The van der Waals surface area contributed by atoms with Crippen molar-refractivity contribution in [2.45, 2.75) is 27.3 Å². The third-order valence-electron chi connectivity index (χ3n) is 3.83. The number of carbonyl (C=O) groups is 2. The van der Waals surface area contributed by atoms with Gasteiger partial charge in [-0.25, -0.2) is 23.2 Å². The number of aliphatic imine (C=N–C) groups is 1. The van der Waals surface area contributed by atoms with E-state index in [1.807, 2.05) is 30.5 Å². The van der Waals surface area contributed by atoms with Crippen LogP contribution < -0.4 is 0 Å². The van der Waals surface area contributed by atoms with Crippen molar-refractivity contribution < 1.29 is 19.3 Å². The summed E-state index contributed by atoms with van der Waals surface area (Å²) in [4.78, 5) is 42.0. The summed E-state index contributed by atoms with van der Waals surface area (Å²) in [6, 6.07) is 3.63. The van der Waals surface area contributed by atoms with Crippen LogP contribution in [0, 0.1) is 11.5 Å². The van der Waals surface area contributed by atoms with E-state index >= 15 is 0 Å². The van der Waals surface area contributed by atoms with Gasteiger partial charge < -0.3 is 4.90 Å². The molecule has 1 aromatic rings. The number of hydrogen-bond donors (Lipinski definition) is 0. The normalized spacial score (nSPS) is 11.5. The van der Waals surface area contributed by atoms with Crippen LogP contribution in [-0.4, -0.2) is 80.3 Å². The van der Waals surface area contributed by atoms with E-state index in [4.69, 9.17) is 16.9 Å². The van der Waals surface area contributed by atoms with Gasteiger partial charge in [0, 0.05) is 33.9 Å². The first-order valence-electron chi connectivity index (χ1n) is 9.94. The SMILES string of the molecule is CC(=NC#N)N(C)Cc1ccc(Cl)nc1.CS/C(C)=N\OC(=O)N(C)SN(C)C(=O)O/N=C(/C)SC. The minimum Gasteiger partial charge on any atom is -0.358 e. The highest BCUT2D eigenvalue weighted by Gasteiger charge is 2.19. The van der Waals surface area contributed by atoms with Crippen molar-refractivity contribution in [3.8, 4) is 6.19 Å². The Labute approximate surface area is 229 Å². The number of aromatic nitrogens is 1. The molecular formula is C20H29ClN8O4S3. The van der Waals surface area contributed by atoms with Gasteiger partial charge in [0.2, 0.25) is 6.19 Å². The number of thioether (sulfide) groups is 2. The zero-order valence-corrected chi connectivity index (χ0v) is 24.5. The zero-order valence-electron chi connectivity index (χ0n) is 21.3. The summed E-state index contributed by atoms with van der Waals surface area (Å²) in [5.41, 5.74) is 1.02. The maximum atomic E-state index is 11.6. The van der Waals surface area contributed by atoms with Crippen molar-refractivity contribution in [1.82, 2.24) is 18.5 Å². The van der Waals surface area contributed by atoms with Gasteiger partial charge in [0.25, 0.3) is 0 Å². The van der Waals surface area contributed by atoms with Crippen LogP contribution in [0.1, 0.15) is 26.3 Å². The standard InChI is InChI=1S/C10H11ClN4.C10H18N4O4S3/c1-8(14-7-12)15(2)6-9-3-4-10(11)13-5-9;1-7(19-5)11-17-9(15)13(3)21-14(4)10(16)18-12-8(2)20-6/h3-5H,6H2,1-2H3;1-6H3/b;11-7-,12-8-. The highest BCUT2D eigenvalue weighted by atomic mass is 35.5. The number of rotatable bonds is 6. The maximum Gasteiger partial charge on any atom is 0.447 e. The number of carbonyl (C=O) groups excluding carboxylic acids is 2. The Morgan fingerprint density at radius 1 is 1.03 bits per heavy atom. The predicted molar refractivity (Wildman–Crippen MR) is 149 cm³/mol. The average molecular weight is 577 g/mol. The lowest BCUT2D eigenvalue weighted by Crippen LogP contribution is -2.28. The van der Waals surface area contributed by atoms with Gasteiger partial charge in [-0.1, -0.05) is 28.0 Å². The molecule has 0 atom stereocenters. The number of oxime groups is 2. The minimum absolute atomic E-state index is 0.476. The van der Waals surface area contributed by atoms with Crippen LogP contribution in [-0.2, 0) is 16.2 Å². The van der Waals surface area contributed by atoms with Crippen molar-refractivity contribution in [3.63, 3.8) is 0 Å². The Morgan fingerprint density at radius 2 is 1.53 bits per heavy atom. The first kappa shape index (κ1) is 33.3. The Balaban J connectivity index is 0.000000717. The minimum atomic E-state index is -0.711. The van der Waals surface area contributed by atoms with Crippen LogP contribution in [0.2, 0.25) is 5.15 Å². The molecular weight excluding hydrogens is 548 g/mol. The second-order valence-electron chi connectivity index (χ2n) is 6.52. The van der Waals surface area contributed by atoms with E-state index in [0.29, 0.717) is 27.6 Å². The van der Waals surface area contributed by atoms with Gasteiger partial charge in [-0.3, -0.25) is 9.68 Å². The molecule has 1 aromatic heterocycles. The van der Waals surface area contributed by atoms with Gasteiger partial charge in [0.15, 0.2) is 0 Å². The van der Waals surface area contributed by atoms with E-state index in [1.165, 1.54) is 37.6 Å². The fraction of sp³-hybridized carbons (Fsp3) is 0.450. The molecule has 0 aromatic carbocycles. The van der Waals surface area contributed by atoms with E-state index < -0.39 is 12.2 Å². The number of amidine groups is 1. The molecule has 0 aliphatic carbocycles. The highest BCUT2D eigenvalue weighted by Crippen LogP contribution is 2.15. The van der Waals surface area contributed by atoms with Gasteiger partial charge in [-0.2, -0.15) is 10.3 Å². The van der Waals surface area contributed by atoms with Gasteiger partial charge in [-0.05, 0) is 44.9 Å². The molecule has 1 rings (SSSR count). The third kappa shape index (κ3) is 14.7. The smallest absolute Gasteiger partial charge is 0.358 e. The monoisotopic (exact) mass is 576 g/mol. The maximum absolute atomic E-state index is 11.6. The summed E-state index contributed by atoms with van der Waals surface area (Å²) >= 11 is 9.18. The van der Waals surface area contributed by atoms with Crippen LogP contribution in [0.3, 0.4) is 0 Å².